The summed E-state index contributed by atoms with van der Waals surface area (Å²) in [5.41, 5.74) is 2.13. The Kier molecular flexibility index (Phi) is 5.72. The average molecular weight is 501 g/mol. The molecule has 2 aromatic carbocycles. The fraction of sp³-hybridized carbons (Fsp3) is 0.348. The van der Waals surface area contributed by atoms with Gasteiger partial charge in [-0.05, 0) is 61.6 Å². The van der Waals surface area contributed by atoms with Gasteiger partial charge in [-0.25, -0.2) is 18.4 Å². The number of aryl methyl sites for hydroxylation is 1. The van der Waals surface area contributed by atoms with Crippen LogP contribution >= 0.6 is 22.7 Å². The van der Waals surface area contributed by atoms with E-state index in [2.05, 4.69) is 29.1 Å². The molecule has 1 amide bonds. The van der Waals surface area contributed by atoms with Crippen LogP contribution in [0.3, 0.4) is 0 Å². The molecule has 0 unspecified atom stereocenters. The number of piperidine rings is 1. The third-order valence-corrected chi connectivity index (χ3v) is 9.81. The van der Waals surface area contributed by atoms with Crippen molar-refractivity contribution in [3.05, 3.63) is 47.0 Å². The first kappa shape index (κ1) is 22.4. The zero-order valence-electron chi connectivity index (χ0n) is 18.5. The van der Waals surface area contributed by atoms with E-state index >= 15 is 0 Å². The highest BCUT2D eigenvalue weighted by Crippen LogP contribution is 2.36. The quantitative estimate of drug-likeness (QED) is 0.419. The largest absolute Gasteiger partial charge is 0.298 e. The van der Waals surface area contributed by atoms with E-state index < -0.39 is 10.0 Å². The van der Waals surface area contributed by atoms with Crippen molar-refractivity contribution < 1.29 is 13.2 Å². The summed E-state index contributed by atoms with van der Waals surface area (Å²) < 4.78 is 29.8. The van der Waals surface area contributed by atoms with Gasteiger partial charge < -0.3 is 0 Å². The SMILES string of the molecule is Cc1nc2ccc3nc(NC(=O)c4ccc(S(=O)(=O)N5C[C@@H](C)C[C@H](C)C5)cc4)sc3c2s1. The standard InChI is InChI=1S/C23H24N4O3S3/c1-13-10-14(2)12-27(11-13)33(29,30)17-6-4-16(5-7-17)22(28)26-23-25-19-9-8-18-20(21(19)32-23)31-15(3)24-18/h4-9,13-14H,10-12H2,1-3H3,(H,25,26,28)/t13-,14-/m0/s1. The lowest BCUT2D eigenvalue weighted by Gasteiger charge is -2.34. The third kappa shape index (κ3) is 4.28. The Labute approximate surface area is 200 Å². The number of nitrogens with one attached hydrogen (secondary N) is 1. The number of aromatic nitrogens is 2. The number of thiazole rings is 2. The number of anilines is 1. The Hall–Kier alpha value is -2.40. The minimum Gasteiger partial charge on any atom is -0.298 e. The molecule has 0 bridgehead atoms. The molecule has 5 rings (SSSR count). The summed E-state index contributed by atoms with van der Waals surface area (Å²) in [5, 5.41) is 4.33. The van der Waals surface area contributed by atoms with Crippen LogP contribution in [-0.2, 0) is 10.0 Å². The highest BCUT2D eigenvalue weighted by atomic mass is 32.2. The molecule has 1 aliphatic heterocycles. The number of rotatable bonds is 4. The van der Waals surface area contributed by atoms with E-state index in [1.54, 1.807) is 27.8 Å². The third-order valence-electron chi connectivity index (χ3n) is 5.83. The molecule has 2 atom stereocenters. The molecule has 172 valence electrons. The van der Waals surface area contributed by atoms with Crippen LogP contribution in [-0.4, -0.2) is 41.7 Å². The van der Waals surface area contributed by atoms with Gasteiger partial charge >= 0.3 is 0 Å². The predicted molar refractivity (Wildman–Crippen MR) is 134 cm³/mol. The van der Waals surface area contributed by atoms with Gasteiger partial charge in [0.1, 0.15) is 0 Å². The predicted octanol–water partition coefficient (Wildman–Crippen LogP) is 5.13. The number of carbonyl (C=O) groups excluding carboxylic acids is 1. The monoisotopic (exact) mass is 500 g/mol. The second kappa shape index (κ2) is 8.43. The molecule has 10 heteroatoms. The van der Waals surface area contributed by atoms with Crippen molar-refractivity contribution in [1.29, 1.82) is 0 Å². The number of hydrogen-bond donors (Lipinski definition) is 1. The Bertz CT molecular complexity index is 1450. The van der Waals surface area contributed by atoms with Crippen molar-refractivity contribution in [3.8, 4) is 0 Å². The Morgan fingerprint density at radius 3 is 2.24 bits per heavy atom. The van der Waals surface area contributed by atoms with Crippen LogP contribution in [0.5, 0.6) is 0 Å². The summed E-state index contributed by atoms with van der Waals surface area (Å²) in [7, 11) is -3.58. The number of sulfonamides is 1. The van der Waals surface area contributed by atoms with Gasteiger partial charge in [0.25, 0.3) is 5.91 Å². The van der Waals surface area contributed by atoms with E-state index in [0.29, 0.717) is 35.6 Å². The number of hydrogen-bond acceptors (Lipinski definition) is 7. The molecule has 33 heavy (non-hydrogen) atoms. The number of carbonyl (C=O) groups is 1. The second-order valence-corrected chi connectivity index (χ2v) is 12.9. The Morgan fingerprint density at radius 2 is 1.58 bits per heavy atom. The van der Waals surface area contributed by atoms with Crippen molar-refractivity contribution >= 4 is 64.2 Å². The summed E-state index contributed by atoms with van der Waals surface area (Å²) in [6.45, 7) is 7.18. The van der Waals surface area contributed by atoms with E-state index in [4.69, 9.17) is 0 Å². The number of nitrogens with zero attached hydrogens (tertiary/aromatic N) is 3. The summed E-state index contributed by atoms with van der Waals surface area (Å²) >= 11 is 3.03. The molecule has 1 aliphatic rings. The normalized spacial score (nSPS) is 19.8. The van der Waals surface area contributed by atoms with Crippen molar-refractivity contribution in [2.24, 2.45) is 11.8 Å². The fourth-order valence-electron chi connectivity index (χ4n) is 4.44. The van der Waals surface area contributed by atoms with Crippen LogP contribution in [0.15, 0.2) is 41.3 Å². The molecular weight excluding hydrogens is 476 g/mol. The lowest BCUT2D eigenvalue weighted by Crippen LogP contribution is -2.42. The first-order chi connectivity index (χ1) is 15.7. The molecule has 4 aromatic rings. The van der Waals surface area contributed by atoms with Gasteiger partial charge in [-0.15, -0.1) is 11.3 Å². The maximum absolute atomic E-state index is 13.1. The first-order valence-corrected chi connectivity index (χ1v) is 13.9. The molecule has 0 radical (unpaired) electrons. The van der Waals surface area contributed by atoms with E-state index in [1.807, 2.05) is 19.1 Å². The lowest BCUT2D eigenvalue weighted by molar-refractivity contribution is 0.102. The molecule has 1 saturated heterocycles. The summed E-state index contributed by atoms with van der Waals surface area (Å²) in [5.74, 6) is 0.338. The Balaban J connectivity index is 1.35. The lowest BCUT2D eigenvalue weighted by atomic mass is 9.94. The van der Waals surface area contributed by atoms with Crippen LogP contribution < -0.4 is 5.32 Å². The molecule has 1 fully saturated rings. The van der Waals surface area contributed by atoms with E-state index in [9.17, 15) is 13.2 Å². The molecule has 2 aromatic heterocycles. The second-order valence-electron chi connectivity index (χ2n) is 8.76. The zero-order chi connectivity index (χ0) is 23.3. The van der Waals surface area contributed by atoms with Crippen LogP contribution in [0, 0.1) is 18.8 Å². The van der Waals surface area contributed by atoms with Crippen molar-refractivity contribution in [1.82, 2.24) is 14.3 Å². The topological polar surface area (TPSA) is 92.3 Å². The highest BCUT2D eigenvalue weighted by Gasteiger charge is 2.31. The van der Waals surface area contributed by atoms with Gasteiger partial charge in [-0.3, -0.25) is 10.1 Å². The van der Waals surface area contributed by atoms with Gasteiger partial charge in [0.15, 0.2) is 5.13 Å². The molecule has 0 saturated carbocycles. The molecule has 1 N–H and O–H groups in total. The van der Waals surface area contributed by atoms with E-state index in [-0.39, 0.29) is 10.8 Å². The maximum Gasteiger partial charge on any atom is 0.257 e. The van der Waals surface area contributed by atoms with Crippen LogP contribution in [0.4, 0.5) is 5.13 Å². The summed E-state index contributed by atoms with van der Waals surface area (Å²) in [4.78, 5) is 22.0. The van der Waals surface area contributed by atoms with E-state index in [0.717, 1.165) is 31.9 Å². The molecule has 7 nitrogen and oxygen atoms in total. The van der Waals surface area contributed by atoms with Crippen LogP contribution in [0.25, 0.3) is 20.4 Å². The van der Waals surface area contributed by atoms with Crippen LogP contribution in [0.2, 0.25) is 0 Å². The smallest absolute Gasteiger partial charge is 0.257 e. The molecule has 0 spiro atoms. The number of fused-ring (bicyclic) bond motifs is 3. The van der Waals surface area contributed by atoms with Crippen molar-refractivity contribution in [2.45, 2.75) is 32.1 Å². The fourth-order valence-corrected chi connectivity index (χ4v) is 8.12. The number of amides is 1. The van der Waals surface area contributed by atoms with Gasteiger partial charge in [-0.1, -0.05) is 25.2 Å². The van der Waals surface area contributed by atoms with Gasteiger partial charge in [0, 0.05) is 18.7 Å². The minimum atomic E-state index is -3.58. The summed E-state index contributed by atoms with van der Waals surface area (Å²) in [6, 6.07) is 9.97. The van der Waals surface area contributed by atoms with Gasteiger partial charge in [0.05, 0.1) is 30.3 Å². The van der Waals surface area contributed by atoms with Crippen molar-refractivity contribution in [2.75, 3.05) is 18.4 Å². The van der Waals surface area contributed by atoms with Gasteiger partial charge in [-0.2, -0.15) is 4.31 Å². The molecule has 0 aliphatic carbocycles. The number of benzene rings is 2. The summed E-state index contributed by atoms with van der Waals surface area (Å²) in [6.07, 6.45) is 1.03. The zero-order valence-corrected chi connectivity index (χ0v) is 21.0. The molecule has 3 heterocycles. The highest BCUT2D eigenvalue weighted by molar-refractivity contribution is 7.89. The Morgan fingerprint density at radius 1 is 0.970 bits per heavy atom. The maximum atomic E-state index is 13.1. The van der Waals surface area contributed by atoms with Crippen LogP contribution in [0.1, 0.15) is 35.6 Å². The van der Waals surface area contributed by atoms with Gasteiger partial charge in [0.2, 0.25) is 10.0 Å². The van der Waals surface area contributed by atoms with Crippen molar-refractivity contribution in [3.63, 3.8) is 0 Å². The first-order valence-electron chi connectivity index (χ1n) is 10.8. The molecular formula is C23H24N4O3S3. The average Bonchev–Trinajstić information content (AvgIpc) is 3.35. The van der Waals surface area contributed by atoms with E-state index in [1.165, 1.54) is 23.5 Å². The minimum absolute atomic E-state index is 0.211.